The third-order valence-corrected chi connectivity index (χ3v) is 7.52. The fraction of sp³-hybridized carbons (Fsp3) is 0.407. The van der Waals surface area contributed by atoms with Gasteiger partial charge in [0.1, 0.15) is 13.3 Å². The number of ether oxygens (including phenoxy) is 1. The van der Waals surface area contributed by atoms with Crippen molar-refractivity contribution in [1.29, 1.82) is 0 Å². The van der Waals surface area contributed by atoms with Gasteiger partial charge in [0.25, 0.3) is 5.91 Å². The van der Waals surface area contributed by atoms with Crippen LogP contribution in [0.2, 0.25) is 0 Å². The van der Waals surface area contributed by atoms with Crippen molar-refractivity contribution >= 4 is 29.3 Å². The summed E-state index contributed by atoms with van der Waals surface area (Å²) in [7, 11) is 1.51. The summed E-state index contributed by atoms with van der Waals surface area (Å²) in [6, 6.07) is 14.5. The first-order chi connectivity index (χ1) is 17.3. The number of ketones is 1. The van der Waals surface area contributed by atoms with E-state index in [0.29, 0.717) is 16.8 Å². The topological polar surface area (TPSA) is 108 Å². The van der Waals surface area contributed by atoms with Crippen molar-refractivity contribution in [3.05, 3.63) is 65.2 Å². The number of nitrogens with zero attached hydrogens (tertiary/aromatic N) is 2. The Morgan fingerprint density at radius 3 is 2.58 bits per heavy atom. The van der Waals surface area contributed by atoms with Gasteiger partial charge >= 0.3 is 6.03 Å². The van der Waals surface area contributed by atoms with Crippen molar-refractivity contribution < 1.29 is 23.9 Å². The fourth-order valence-electron chi connectivity index (χ4n) is 5.37. The van der Waals surface area contributed by atoms with Crippen LogP contribution in [0.5, 0.6) is 0 Å². The Kier molecular flexibility index (Phi) is 6.26. The van der Waals surface area contributed by atoms with Crippen molar-refractivity contribution in [2.24, 2.45) is 0 Å². The summed E-state index contributed by atoms with van der Waals surface area (Å²) in [6.45, 7) is 1.73. The van der Waals surface area contributed by atoms with E-state index in [0.717, 1.165) is 24.8 Å². The zero-order valence-electron chi connectivity index (χ0n) is 20.5. The third kappa shape index (κ3) is 3.93. The maximum atomic E-state index is 13.6. The molecule has 1 spiro atoms. The minimum absolute atomic E-state index is 0.0192. The van der Waals surface area contributed by atoms with Crippen LogP contribution in [0.3, 0.4) is 0 Å². The molecule has 5 rings (SSSR count). The number of hydrogen-bond donors (Lipinski definition) is 2. The van der Waals surface area contributed by atoms with Crippen LogP contribution < -0.4 is 10.6 Å². The van der Waals surface area contributed by atoms with Crippen molar-refractivity contribution in [3.63, 3.8) is 0 Å². The molecule has 2 aromatic carbocycles. The zero-order valence-corrected chi connectivity index (χ0v) is 20.5. The predicted molar refractivity (Wildman–Crippen MR) is 132 cm³/mol. The molecule has 0 radical (unpaired) electrons. The lowest BCUT2D eigenvalue weighted by Crippen LogP contribution is -2.51. The van der Waals surface area contributed by atoms with Crippen LogP contribution in [0.1, 0.15) is 48.9 Å². The summed E-state index contributed by atoms with van der Waals surface area (Å²) in [5.41, 5.74) is 0.932. The van der Waals surface area contributed by atoms with Gasteiger partial charge in [-0.2, -0.15) is 0 Å². The van der Waals surface area contributed by atoms with E-state index in [1.54, 1.807) is 18.2 Å². The first kappa shape index (κ1) is 24.0. The van der Waals surface area contributed by atoms with Gasteiger partial charge in [0.05, 0.1) is 6.04 Å². The molecule has 9 heteroatoms. The van der Waals surface area contributed by atoms with Crippen molar-refractivity contribution in [2.45, 2.75) is 50.3 Å². The van der Waals surface area contributed by atoms with E-state index >= 15 is 0 Å². The highest BCUT2D eigenvalue weighted by molar-refractivity contribution is 6.15. The largest absolute Gasteiger partial charge is 0.341 e. The molecule has 0 unspecified atom stereocenters. The number of rotatable bonds is 6. The Bertz CT molecular complexity index is 1210. The molecule has 0 bridgehead atoms. The number of nitrogens with one attached hydrogen (secondary N) is 2. The van der Waals surface area contributed by atoms with Gasteiger partial charge < -0.3 is 25.2 Å². The van der Waals surface area contributed by atoms with Gasteiger partial charge in [0.15, 0.2) is 5.78 Å². The summed E-state index contributed by atoms with van der Waals surface area (Å²) < 4.78 is 5.89. The Morgan fingerprint density at radius 1 is 1.17 bits per heavy atom. The van der Waals surface area contributed by atoms with Crippen LogP contribution in [-0.2, 0) is 31.1 Å². The van der Waals surface area contributed by atoms with Gasteiger partial charge in [-0.05, 0) is 49.4 Å². The van der Waals surface area contributed by atoms with Crippen LogP contribution in [0.4, 0.5) is 10.5 Å². The van der Waals surface area contributed by atoms with Gasteiger partial charge in [-0.1, -0.05) is 36.4 Å². The molecule has 4 amide bonds. The average molecular weight is 491 g/mol. The van der Waals surface area contributed by atoms with E-state index in [4.69, 9.17) is 4.74 Å². The van der Waals surface area contributed by atoms with Crippen LogP contribution in [-0.4, -0.2) is 59.8 Å². The number of carbonyl (C=O) groups is 4. The summed E-state index contributed by atoms with van der Waals surface area (Å²) in [4.78, 5) is 55.1. The smallest absolute Gasteiger partial charge is 0.318 e. The Balaban J connectivity index is 1.35. The molecule has 36 heavy (non-hydrogen) atoms. The Morgan fingerprint density at radius 2 is 1.92 bits per heavy atom. The molecule has 2 N–H and O–H groups in total. The number of amides is 4. The van der Waals surface area contributed by atoms with E-state index in [9.17, 15) is 19.2 Å². The first-order valence-electron chi connectivity index (χ1n) is 12.3. The normalized spacial score (nSPS) is 21.8. The molecule has 1 saturated heterocycles. The number of fused-ring (bicyclic) bond motifs is 2. The standard InChI is InChI=1S/C27H30N4O5/c1-17(18-7-4-3-5-8-18)31(21-9-6-10-21)24(33)15-30-16-36-27(25(30)34)22-12-11-20(29-26(35)28-2)13-19(22)14-23(27)32/h3-5,7-8,11-13,17,21H,6,9-10,14-16H2,1-2H3,(H2,28,29,35)/t17-,27+/m0/s1. The second kappa shape index (κ2) is 9.39. The van der Waals surface area contributed by atoms with Crippen LogP contribution in [0, 0.1) is 0 Å². The van der Waals surface area contributed by atoms with E-state index in [1.165, 1.54) is 11.9 Å². The fourth-order valence-corrected chi connectivity index (χ4v) is 5.37. The molecule has 9 nitrogen and oxygen atoms in total. The van der Waals surface area contributed by atoms with Crippen molar-refractivity contribution in [2.75, 3.05) is 25.6 Å². The van der Waals surface area contributed by atoms with E-state index in [-0.39, 0.29) is 49.5 Å². The molecule has 1 saturated carbocycles. The minimum Gasteiger partial charge on any atom is -0.341 e. The molecule has 2 aliphatic carbocycles. The predicted octanol–water partition coefficient (Wildman–Crippen LogP) is 2.72. The molecule has 1 aliphatic heterocycles. The van der Waals surface area contributed by atoms with E-state index in [1.807, 2.05) is 42.2 Å². The lowest BCUT2D eigenvalue weighted by molar-refractivity contribution is -0.150. The van der Waals surface area contributed by atoms with Gasteiger partial charge in [-0.25, -0.2) is 4.79 Å². The maximum absolute atomic E-state index is 13.6. The maximum Gasteiger partial charge on any atom is 0.318 e. The molecular formula is C27H30N4O5. The molecule has 3 aliphatic rings. The average Bonchev–Trinajstić information content (AvgIpc) is 3.32. The number of Topliss-reactive ketones (excluding diaryl/α,β-unsaturated/α-hetero) is 1. The number of carbonyl (C=O) groups excluding carboxylic acids is 4. The summed E-state index contributed by atoms with van der Waals surface area (Å²) in [5.74, 6) is -1.02. The van der Waals surface area contributed by atoms with Crippen molar-refractivity contribution in [3.8, 4) is 0 Å². The van der Waals surface area contributed by atoms with E-state index < -0.39 is 11.5 Å². The number of hydrogen-bond acceptors (Lipinski definition) is 5. The number of anilines is 1. The Hall–Kier alpha value is -3.72. The van der Waals surface area contributed by atoms with Gasteiger partial charge in [-0.15, -0.1) is 0 Å². The second-order valence-electron chi connectivity index (χ2n) is 9.61. The zero-order chi connectivity index (χ0) is 25.4. The number of urea groups is 1. The highest BCUT2D eigenvalue weighted by atomic mass is 16.5. The summed E-state index contributed by atoms with van der Waals surface area (Å²) in [6.07, 6.45) is 2.98. The first-order valence-corrected chi connectivity index (χ1v) is 12.3. The molecule has 2 atom stereocenters. The van der Waals surface area contributed by atoms with Crippen molar-refractivity contribution in [1.82, 2.24) is 15.1 Å². The third-order valence-electron chi connectivity index (χ3n) is 7.52. The molecular weight excluding hydrogens is 460 g/mol. The monoisotopic (exact) mass is 490 g/mol. The van der Waals surface area contributed by atoms with Crippen LogP contribution in [0.25, 0.3) is 0 Å². The molecule has 0 aromatic heterocycles. The van der Waals surface area contributed by atoms with Crippen LogP contribution in [0.15, 0.2) is 48.5 Å². The quantitative estimate of drug-likeness (QED) is 0.606. The van der Waals surface area contributed by atoms with Crippen LogP contribution >= 0.6 is 0 Å². The van der Waals surface area contributed by atoms with Gasteiger partial charge in [-0.3, -0.25) is 14.4 Å². The van der Waals surface area contributed by atoms with Gasteiger partial charge in [0.2, 0.25) is 11.5 Å². The lowest BCUT2D eigenvalue weighted by atomic mass is 9.89. The summed E-state index contributed by atoms with van der Waals surface area (Å²) in [5, 5.41) is 5.15. The SMILES string of the molecule is CNC(=O)Nc1ccc2c(c1)CC(=O)[C@]21OCN(CC(=O)N(C2CCC2)[C@@H](C)c2ccccc2)C1=O. The number of benzene rings is 2. The second-order valence-corrected chi connectivity index (χ2v) is 9.61. The molecule has 188 valence electrons. The lowest BCUT2D eigenvalue weighted by Gasteiger charge is -2.42. The highest BCUT2D eigenvalue weighted by Crippen LogP contribution is 2.43. The molecule has 1 heterocycles. The molecule has 2 fully saturated rings. The Labute approximate surface area is 209 Å². The summed E-state index contributed by atoms with van der Waals surface area (Å²) >= 11 is 0. The molecule has 2 aromatic rings. The van der Waals surface area contributed by atoms with E-state index in [2.05, 4.69) is 10.6 Å². The minimum atomic E-state index is -1.73. The van der Waals surface area contributed by atoms with Gasteiger partial charge in [0, 0.05) is 30.8 Å². The highest BCUT2D eigenvalue weighted by Gasteiger charge is 2.59.